The monoisotopic (exact) mass is 343 g/mol. The van der Waals surface area contributed by atoms with Crippen molar-refractivity contribution >= 4 is 22.9 Å². The second kappa shape index (κ2) is 7.01. The highest BCUT2D eigenvalue weighted by atomic mass is 32.1. The molecule has 1 amide bonds. The van der Waals surface area contributed by atoms with Gasteiger partial charge in [-0.1, -0.05) is 0 Å². The predicted molar refractivity (Wildman–Crippen MR) is 93.9 cm³/mol. The summed E-state index contributed by atoms with van der Waals surface area (Å²) in [6.07, 6.45) is 5.95. The number of ether oxygens (including phenoxy) is 1. The molecule has 2 aromatic rings. The number of nitrogens with one attached hydrogen (secondary N) is 1. The zero-order chi connectivity index (χ0) is 16.4. The fourth-order valence-corrected chi connectivity index (χ4v) is 4.34. The van der Waals surface area contributed by atoms with Crippen LogP contribution in [0.2, 0.25) is 0 Å². The van der Waals surface area contributed by atoms with E-state index in [-0.39, 0.29) is 18.1 Å². The molecule has 1 N–H and O–H groups in total. The molecular weight excluding hydrogens is 322 g/mol. The first-order valence-electron chi connectivity index (χ1n) is 8.41. The van der Waals surface area contributed by atoms with Crippen LogP contribution in [0.15, 0.2) is 41.4 Å². The minimum Gasteiger partial charge on any atom is -0.363 e. The molecule has 2 saturated heterocycles. The molecule has 2 fully saturated rings. The highest BCUT2D eigenvalue weighted by Crippen LogP contribution is 2.33. The topological polar surface area (TPSA) is 54.5 Å². The third-order valence-electron chi connectivity index (χ3n) is 4.85. The van der Waals surface area contributed by atoms with Gasteiger partial charge in [-0.25, -0.2) is 0 Å². The van der Waals surface area contributed by atoms with Crippen LogP contribution >= 0.6 is 11.3 Å². The first kappa shape index (κ1) is 15.7. The molecule has 0 radical (unpaired) electrons. The number of pyridine rings is 1. The molecule has 0 spiro atoms. The van der Waals surface area contributed by atoms with Crippen LogP contribution in [-0.2, 0) is 16.1 Å². The van der Waals surface area contributed by atoms with Crippen LogP contribution in [0.3, 0.4) is 0 Å². The lowest BCUT2D eigenvalue weighted by Crippen LogP contribution is -2.46. The van der Waals surface area contributed by atoms with Crippen molar-refractivity contribution < 1.29 is 9.53 Å². The van der Waals surface area contributed by atoms with Gasteiger partial charge in [0.25, 0.3) is 5.91 Å². The van der Waals surface area contributed by atoms with Gasteiger partial charge in [-0.05, 0) is 53.8 Å². The molecule has 6 heteroatoms. The molecule has 0 bridgehead atoms. The van der Waals surface area contributed by atoms with Crippen molar-refractivity contribution in [2.45, 2.75) is 44.1 Å². The predicted octanol–water partition coefficient (Wildman–Crippen LogP) is 2.90. The summed E-state index contributed by atoms with van der Waals surface area (Å²) in [6, 6.07) is 6.28. The first-order valence-corrected chi connectivity index (χ1v) is 9.35. The Morgan fingerprint density at radius 3 is 3.12 bits per heavy atom. The SMILES string of the molecule is O=C(Nc1cccnc1)[C@@H]1CC[C@@H]2[C@@H](CCN2Cc2ccsc2)O1. The van der Waals surface area contributed by atoms with Crippen LogP contribution in [0.4, 0.5) is 5.69 Å². The Morgan fingerprint density at radius 1 is 1.38 bits per heavy atom. The molecule has 3 atom stereocenters. The maximum atomic E-state index is 12.4. The zero-order valence-electron chi connectivity index (χ0n) is 13.4. The summed E-state index contributed by atoms with van der Waals surface area (Å²) in [6.45, 7) is 2.03. The molecule has 5 nitrogen and oxygen atoms in total. The fraction of sp³-hybridized carbons (Fsp3) is 0.444. The average Bonchev–Trinajstić information content (AvgIpc) is 3.26. The summed E-state index contributed by atoms with van der Waals surface area (Å²) in [7, 11) is 0. The van der Waals surface area contributed by atoms with Crippen molar-refractivity contribution in [2.75, 3.05) is 11.9 Å². The van der Waals surface area contributed by atoms with E-state index >= 15 is 0 Å². The van der Waals surface area contributed by atoms with Gasteiger partial charge in [0.1, 0.15) is 6.10 Å². The molecular formula is C18H21N3O2S. The number of anilines is 1. The number of nitrogens with zero attached hydrogens (tertiary/aromatic N) is 2. The number of carbonyl (C=O) groups excluding carboxylic acids is 1. The second-order valence-corrected chi connectivity index (χ2v) is 7.21. The van der Waals surface area contributed by atoms with E-state index in [0.29, 0.717) is 6.04 Å². The van der Waals surface area contributed by atoms with E-state index in [0.717, 1.165) is 38.0 Å². The molecule has 4 rings (SSSR count). The standard InChI is InChI=1S/C18H21N3O2S/c22-18(20-14-2-1-7-19-10-14)17-4-3-15-16(23-17)5-8-21(15)11-13-6-9-24-12-13/h1-2,6-7,9-10,12,15-17H,3-5,8,11H2,(H,20,22)/t15-,16-,17+/m1/s1. The second-order valence-electron chi connectivity index (χ2n) is 6.43. The zero-order valence-corrected chi connectivity index (χ0v) is 14.2. The Labute approximate surface area is 145 Å². The molecule has 0 aliphatic carbocycles. The minimum atomic E-state index is -0.354. The first-order chi connectivity index (χ1) is 11.8. The molecule has 2 aromatic heterocycles. The Hall–Kier alpha value is -1.76. The largest absolute Gasteiger partial charge is 0.363 e. The Kier molecular flexibility index (Phi) is 4.60. The van der Waals surface area contributed by atoms with Gasteiger partial charge in [0.05, 0.1) is 18.0 Å². The normalized spacial score (nSPS) is 26.9. The van der Waals surface area contributed by atoms with Gasteiger partial charge in [-0.15, -0.1) is 0 Å². The number of amides is 1. The van der Waals surface area contributed by atoms with Gasteiger partial charge in [-0.2, -0.15) is 11.3 Å². The summed E-state index contributed by atoms with van der Waals surface area (Å²) < 4.78 is 6.12. The van der Waals surface area contributed by atoms with Gasteiger partial charge in [-0.3, -0.25) is 14.7 Å². The summed E-state index contributed by atoms with van der Waals surface area (Å²) >= 11 is 1.74. The summed E-state index contributed by atoms with van der Waals surface area (Å²) in [5.74, 6) is -0.0577. The van der Waals surface area contributed by atoms with Crippen molar-refractivity contribution in [1.82, 2.24) is 9.88 Å². The maximum absolute atomic E-state index is 12.4. The smallest absolute Gasteiger partial charge is 0.253 e. The molecule has 0 saturated carbocycles. The van der Waals surface area contributed by atoms with Crippen LogP contribution in [0.25, 0.3) is 0 Å². The van der Waals surface area contributed by atoms with Crippen LogP contribution in [0.5, 0.6) is 0 Å². The van der Waals surface area contributed by atoms with E-state index in [9.17, 15) is 4.79 Å². The summed E-state index contributed by atoms with van der Waals surface area (Å²) in [4.78, 5) is 18.9. The van der Waals surface area contributed by atoms with E-state index in [2.05, 4.69) is 32.0 Å². The molecule has 4 heterocycles. The van der Waals surface area contributed by atoms with Gasteiger partial charge in [0, 0.05) is 25.3 Å². The number of hydrogen-bond donors (Lipinski definition) is 1. The number of fused-ring (bicyclic) bond motifs is 1. The number of likely N-dealkylation sites (tertiary alicyclic amines) is 1. The maximum Gasteiger partial charge on any atom is 0.253 e. The van der Waals surface area contributed by atoms with E-state index in [1.54, 1.807) is 23.7 Å². The van der Waals surface area contributed by atoms with Gasteiger partial charge in [0.2, 0.25) is 0 Å². The third kappa shape index (κ3) is 3.36. The number of carbonyl (C=O) groups is 1. The molecule has 2 aliphatic rings. The summed E-state index contributed by atoms with van der Waals surface area (Å²) in [5, 5.41) is 7.23. The lowest BCUT2D eigenvalue weighted by atomic mass is 9.98. The molecule has 0 aromatic carbocycles. The molecule has 24 heavy (non-hydrogen) atoms. The molecule has 126 valence electrons. The molecule has 2 aliphatic heterocycles. The quantitative estimate of drug-likeness (QED) is 0.927. The van der Waals surface area contributed by atoms with Crippen molar-refractivity contribution in [3.05, 3.63) is 46.9 Å². The number of hydrogen-bond acceptors (Lipinski definition) is 5. The van der Waals surface area contributed by atoms with E-state index < -0.39 is 0 Å². The van der Waals surface area contributed by atoms with Crippen LogP contribution in [-0.4, -0.2) is 40.6 Å². The Morgan fingerprint density at radius 2 is 2.33 bits per heavy atom. The number of thiophene rings is 1. The van der Waals surface area contributed by atoms with Gasteiger partial charge < -0.3 is 10.1 Å². The van der Waals surface area contributed by atoms with Crippen LogP contribution in [0, 0.1) is 0 Å². The highest BCUT2D eigenvalue weighted by molar-refractivity contribution is 7.07. The summed E-state index contributed by atoms with van der Waals surface area (Å²) in [5.41, 5.74) is 2.09. The van der Waals surface area contributed by atoms with Crippen molar-refractivity contribution in [2.24, 2.45) is 0 Å². The van der Waals surface area contributed by atoms with E-state index in [1.807, 2.05) is 12.1 Å². The van der Waals surface area contributed by atoms with E-state index in [1.165, 1.54) is 5.56 Å². The highest BCUT2D eigenvalue weighted by Gasteiger charge is 2.41. The molecule has 0 unspecified atom stereocenters. The minimum absolute atomic E-state index is 0.0577. The van der Waals surface area contributed by atoms with Crippen LogP contribution < -0.4 is 5.32 Å². The van der Waals surface area contributed by atoms with Gasteiger partial charge in [0.15, 0.2) is 0 Å². The van der Waals surface area contributed by atoms with E-state index in [4.69, 9.17) is 4.74 Å². The van der Waals surface area contributed by atoms with Crippen LogP contribution in [0.1, 0.15) is 24.8 Å². The van der Waals surface area contributed by atoms with Crippen molar-refractivity contribution in [1.29, 1.82) is 0 Å². The van der Waals surface area contributed by atoms with Crippen molar-refractivity contribution in [3.63, 3.8) is 0 Å². The van der Waals surface area contributed by atoms with Crippen molar-refractivity contribution in [3.8, 4) is 0 Å². The van der Waals surface area contributed by atoms with Gasteiger partial charge >= 0.3 is 0 Å². The lowest BCUT2D eigenvalue weighted by molar-refractivity contribution is -0.138. The number of rotatable bonds is 4. The lowest BCUT2D eigenvalue weighted by Gasteiger charge is -2.35. The Balaban J connectivity index is 1.34. The third-order valence-corrected chi connectivity index (χ3v) is 5.58. The number of aromatic nitrogens is 1. The Bertz CT molecular complexity index is 677. The fourth-order valence-electron chi connectivity index (χ4n) is 3.68. The average molecular weight is 343 g/mol.